The Morgan fingerprint density at radius 2 is 1.85 bits per heavy atom. The van der Waals surface area contributed by atoms with Crippen molar-refractivity contribution >= 4 is 28.2 Å². The second-order valence-electron chi connectivity index (χ2n) is 5.84. The fourth-order valence-electron chi connectivity index (χ4n) is 2.86. The van der Waals surface area contributed by atoms with Crippen LogP contribution in [0.15, 0.2) is 80.6 Å². The molecule has 0 bridgehead atoms. The third-order valence-corrected chi connectivity index (χ3v) is 4.86. The summed E-state index contributed by atoms with van der Waals surface area (Å²) in [5, 5.41) is 7.63. The summed E-state index contributed by atoms with van der Waals surface area (Å²) in [5.41, 5.74) is 3.02. The molecule has 2 aromatic carbocycles. The number of thiophene rings is 1. The first-order valence-corrected chi connectivity index (χ1v) is 9.08. The second kappa shape index (κ2) is 6.98. The molecule has 1 N–H and O–H groups in total. The number of hydrogen-bond acceptors (Lipinski definition) is 4. The Labute approximate surface area is 153 Å². The summed E-state index contributed by atoms with van der Waals surface area (Å²) >= 11 is 1.63. The molecule has 4 aromatic rings. The van der Waals surface area contributed by atoms with Gasteiger partial charge in [-0.05, 0) is 45.6 Å². The topological polar surface area (TPSA) is 59.3 Å². The van der Waals surface area contributed by atoms with E-state index >= 15 is 0 Å². The van der Waals surface area contributed by atoms with Gasteiger partial charge in [0.25, 0.3) is 5.91 Å². The van der Waals surface area contributed by atoms with Gasteiger partial charge in [0.2, 0.25) is 0 Å². The van der Waals surface area contributed by atoms with Crippen LogP contribution in [0, 0.1) is 0 Å². The van der Waals surface area contributed by atoms with E-state index in [1.807, 2.05) is 41.8 Å². The second-order valence-corrected chi connectivity index (χ2v) is 6.62. The van der Waals surface area contributed by atoms with Crippen LogP contribution < -0.4 is 10.9 Å². The third kappa shape index (κ3) is 3.17. The van der Waals surface area contributed by atoms with Gasteiger partial charge in [0.1, 0.15) is 11.1 Å². The van der Waals surface area contributed by atoms with Crippen molar-refractivity contribution in [2.24, 2.45) is 0 Å². The minimum absolute atomic E-state index is 0.0108. The van der Waals surface area contributed by atoms with Crippen molar-refractivity contribution in [1.82, 2.24) is 5.32 Å². The zero-order chi connectivity index (χ0) is 17.9. The normalized spacial score (nSPS) is 10.8. The average Bonchev–Trinajstić information content (AvgIpc) is 3.20. The fraction of sp³-hybridized carbons (Fsp3) is 0.0476. The highest BCUT2D eigenvalue weighted by Gasteiger charge is 2.14. The molecule has 0 aliphatic carbocycles. The molecule has 26 heavy (non-hydrogen) atoms. The zero-order valence-corrected chi connectivity index (χ0v) is 14.6. The summed E-state index contributed by atoms with van der Waals surface area (Å²) in [6.07, 6.45) is 0. The first-order chi connectivity index (χ1) is 12.7. The summed E-state index contributed by atoms with van der Waals surface area (Å²) in [6.45, 7) is 0.330. The molecule has 0 radical (unpaired) electrons. The fourth-order valence-corrected chi connectivity index (χ4v) is 3.52. The molecule has 2 aromatic heterocycles. The predicted octanol–water partition coefficient (Wildman–Crippen LogP) is 4.45. The van der Waals surface area contributed by atoms with Crippen LogP contribution in [0.25, 0.3) is 22.1 Å². The number of para-hydroxylation sites is 1. The number of carbonyl (C=O) groups is 1. The number of carbonyl (C=O) groups excluding carboxylic acids is 1. The molecule has 4 rings (SSSR count). The van der Waals surface area contributed by atoms with E-state index in [1.54, 1.807) is 35.6 Å². The van der Waals surface area contributed by atoms with E-state index < -0.39 is 11.5 Å². The van der Waals surface area contributed by atoms with Crippen molar-refractivity contribution in [2.75, 3.05) is 0 Å². The van der Waals surface area contributed by atoms with Gasteiger partial charge in [-0.1, -0.05) is 42.5 Å². The highest BCUT2D eigenvalue weighted by atomic mass is 32.1. The van der Waals surface area contributed by atoms with Gasteiger partial charge in [-0.15, -0.1) is 0 Å². The molecular formula is C21H15NO3S. The molecule has 0 spiro atoms. The Balaban J connectivity index is 1.59. The Kier molecular flexibility index (Phi) is 4.37. The van der Waals surface area contributed by atoms with Crippen LogP contribution in [0.3, 0.4) is 0 Å². The zero-order valence-electron chi connectivity index (χ0n) is 13.8. The van der Waals surface area contributed by atoms with Crippen molar-refractivity contribution in [3.8, 4) is 11.1 Å². The molecule has 2 heterocycles. The SMILES string of the molecule is O=C(NCc1ccccc1-c1ccsc1)c1cc2ccccc2oc1=O. The number of benzene rings is 2. The number of amides is 1. The van der Waals surface area contributed by atoms with Gasteiger partial charge in [-0.25, -0.2) is 4.79 Å². The summed E-state index contributed by atoms with van der Waals surface area (Å²) in [5.74, 6) is -0.440. The lowest BCUT2D eigenvalue weighted by molar-refractivity contribution is 0.0947. The first kappa shape index (κ1) is 16.3. The molecule has 0 atom stereocenters. The lowest BCUT2D eigenvalue weighted by Crippen LogP contribution is -2.28. The molecule has 4 nitrogen and oxygen atoms in total. The maximum Gasteiger partial charge on any atom is 0.349 e. The van der Waals surface area contributed by atoms with Crippen LogP contribution in [0.5, 0.6) is 0 Å². The molecule has 0 aliphatic heterocycles. The summed E-state index contributed by atoms with van der Waals surface area (Å²) < 4.78 is 5.23. The van der Waals surface area contributed by atoms with E-state index in [2.05, 4.69) is 10.7 Å². The number of fused-ring (bicyclic) bond motifs is 1. The minimum atomic E-state index is -0.632. The van der Waals surface area contributed by atoms with Crippen LogP contribution in [-0.2, 0) is 6.54 Å². The maximum atomic E-state index is 12.5. The molecule has 5 heteroatoms. The smallest absolute Gasteiger partial charge is 0.349 e. The highest BCUT2D eigenvalue weighted by Crippen LogP contribution is 2.25. The lowest BCUT2D eigenvalue weighted by atomic mass is 10.0. The van der Waals surface area contributed by atoms with Crippen molar-refractivity contribution in [2.45, 2.75) is 6.54 Å². The van der Waals surface area contributed by atoms with E-state index in [9.17, 15) is 9.59 Å². The Morgan fingerprint density at radius 1 is 1.04 bits per heavy atom. The van der Waals surface area contributed by atoms with Gasteiger partial charge in [-0.3, -0.25) is 4.79 Å². The number of hydrogen-bond donors (Lipinski definition) is 1. The third-order valence-electron chi connectivity index (χ3n) is 4.17. The molecule has 128 valence electrons. The van der Waals surface area contributed by atoms with E-state index in [0.717, 1.165) is 22.1 Å². The van der Waals surface area contributed by atoms with Gasteiger partial charge < -0.3 is 9.73 Å². The predicted molar refractivity (Wildman–Crippen MR) is 103 cm³/mol. The van der Waals surface area contributed by atoms with E-state index in [-0.39, 0.29) is 5.56 Å². The van der Waals surface area contributed by atoms with Crippen LogP contribution in [0.2, 0.25) is 0 Å². The van der Waals surface area contributed by atoms with Crippen molar-refractivity contribution in [1.29, 1.82) is 0 Å². The van der Waals surface area contributed by atoms with E-state index in [4.69, 9.17) is 4.42 Å². The maximum absolute atomic E-state index is 12.5. The molecule has 0 saturated heterocycles. The quantitative estimate of drug-likeness (QED) is 0.546. The molecule has 0 saturated carbocycles. The molecule has 0 aliphatic rings. The highest BCUT2D eigenvalue weighted by molar-refractivity contribution is 7.08. The van der Waals surface area contributed by atoms with Gasteiger partial charge in [-0.2, -0.15) is 11.3 Å². The standard InChI is InChI=1S/C21H15NO3S/c23-20(18-11-14-5-2-4-8-19(14)25-21(18)24)22-12-15-6-1-3-7-17(15)16-9-10-26-13-16/h1-11,13H,12H2,(H,22,23). The van der Waals surface area contributed by atoms with Gasteiger partial charge in [0, 0.05) is 11.9 Å². The summed E-state index contributed by atoms with van der Waals surface area (Å²) in [7, 11) is 0. The van der Waals surface area contributed by atoms with Crippen molar-refractivity contribution < 1.29 is 9.21 Å². The summed E-state index contributed by atoms with van der Waals surface area (Å²) in [6, 6.07) is 18.6. The van der Waals surface area contributed by atoms with Gasteiger partial charge in [0.05, 0.1) is 0 Å². The van der Waals surface area contributed by atoms with Crippen LogP contribution >= 0.6 is 11.3 Å². The first-order valence-electron chi connectivity index (χ1n) is 8.14. The molecule has 0 unspecified atom stereocenters. The summed E-state index contributed by atoms with van der Waals surface area (Å²) in [4.78, 5) is 24.6. The molecular weight excluding hydrogens is 346 g/mol. The monoisotopic (exact) mass is 361 g/mol. The van der Waals surface area contributed by atoms with E-state index in [0.29, 0.717) is 12.1 Å². The molecule has 0 fully saturated rings. The number of rotatable bonds is 4. The Bertz CT molecular complexity index is 1130. The van der Waals surface area contributed by atoms with Crippen LogP contribution in [0.4, 0.5) is 0 Å². The largest absolute Gasteiger partial charge is 0.422 e. The van der Waals surface area contributed by atoms with Crippen LogP contribution in [0.1, 0.15) is 15.9 Å². The van der Waals surface area contributed by atoms with Gasteiger partial charge in [0.15, 0.2) is 0 Å². The number of nitrogens with one attached hydrogen (secondary N) is 1. The Hall–Kier alpha value is -3.18. The minimum Gasteiger partial charge on any atom is -0.422 e. The molecule has 1 amide bonds. The average molecular weight is 361 g/mol. The Morgan fingerprint density at radius 3 is 2.69 bits per heavy atom. The van der Waals surface area contributed by atoms with E-state index in [1.165, 1.54) is 0 Å². The van der Waals surface area contributed by atoms with Crippen molar-refractivity contribution in [3.05, 3.63) is 93.0 Å². The van der Waals surface area contributed by atoms with Gasteiger partial charge >= 0.3 is 5.63 Å². The lowest BCUT2D eigenvalue weighted by Gasteiger charge is -2.10. The van der Waals surface area contributed by atoms with Crippen molar-refractivity contribution in [3.63, 3.8) is 0 Å². The van der Waals surface area contributed by atoms with Crippen LogP contribution in [-0.4, -0.2) is 5.91 Å².